The smallest absolute Gasteiger partial charge is 0.307 e. The highest BCUT2D eigenvalue weighted by atomic mass is 16.4. The Hall–Kier alpha value is -2.90. The van der Waals surface area contributed by atoms with Crippen LogP contribution >= 0.6 is 0 Å². The molecule has 2 fully saturated rings. The van der Waals surface area contributed by atoms with E-state index in [2.05, 4.69) is 22.2 Å². The Morgan fingerprint density at radius 2 is 1.37 bits per heavy atom. The minimum atomic E-state index is -0.647. The number of nitrogens with two attached hydrogens (primary N) is 1. The molecule has 2 saturated heterocycles. The molecule has 4 rings (SSSR count). The van der Waals surface area contributed by atoms with Crippen LogP contribution in [0.15, 0.2) is 48.5 Å². The maximum Gasteiger partial charge on any atom is 0.307 e. The van der Waals surface area contributed by atoms with Gasteiger partial charge in [-0.15, -0.1) is 0 Å². The van der Waals surface area contributed by atoms with E-state index in [1.165, 1.54) is 0 Å². The molecule has 0 radical (unpaired) electrons. The molecule has 0 bridgehead atoms. The molecule has 7 nitrogen and oxygen atoms in total. The lowest BCUT2D eigenvalue weighted by Crippen LogP contribution is -2.38. The van der Waals surface area contributed by atoms with Crippen LogP contribution in [0, 0.1) is 25.7 Å². The predicted molar refractivity (Wildman–Crippen MR) is 143 cm³/mol. The highest BCUT2D eigenvalue weighted by Gasteiger charge is 2.24. The van der Waals surface area contributed by atoms with Crippen molar-refractivity contribution in [2.45, 2.75) is 39.5 Å². The van der Waals surface area contributed by atoms with Gasteiger partial charge in [0.15, 0.2) is 0 Å². The third-order valence-electron chi connectivity index (χ3n) is 6.56. The number of piperidine rings is 2. The number of carboxylic acids is 1. The second-order valence-electron chi connectivity index (χ2n) is 9.70. The Balaban J connectivity index is 0.000000204. The average molecular weight is 483 g/mol. The molecule has 192 valence electrons. The number of likely N-dealkylation sites (tertiary alicyclic amines) is 2. The summed E-state index contributed by atoms with van der Waals surface area (Å²) >= 11 is 0. The summed E-state index contributed by atoms with van der Waals surface area (Å²) in [4.78, 5) is 26.9. The molecule has 2 aromatic rings. The van der Waals surface area contributed by atoms with Crippen LogP contribution in [0.25, 0.3) is 0 Å². The molecule has 0 saturated carbocycles. The molecule has 0 aliphatic carbocycles. The maximum absolute atomic E-state index is 12.1. The number of nitrogens with one attached hydrogen (secondary N) is 1. The molecule has 2 unspecified atom stereocenters. The molecule has 0 aromatic heterocycles. The summed E-state index contributed by atoms with van der Waals surface area (Å²) in [6, 6.07) is 15.7. The van der Waals surface area contributed by atoms with Crippen molar-refractivity contribution in [3.63, 3.8) is 0 Å². The number of hydrogen-bond acceptors (Lipinski definition) is 5. The topological polar surface area (TPSA) is 98.9 Å². The molecule has 4 N–H and O–H groups in total. The van der Waals surface area contributed by atoms with Gasteiger partial charge in [0.1, 0.15) is 0 Å². The molecule has 35 heavy (non-hydrogen) atoms. The summed E-state index contributed by atoms with van der Waals surface area (Å²) in [5, 5.41) is 11.7. The quantitative estimate of drug-likeness (QED) is 0.565. The van der Waals surface area contributed by atoms with Crippen LogP contribution in [-0.2, 0) is 9.59 Å². The zero-order chi connectivity index (χ0) is 25.8. The number of aliphatic carboxylic acids is 1. The van der Waals surface area contributed by atoms with Crippen molar-refractivity contribution < 1.29 is 14.7 Å². The Morgan fingerprint density at radius 3 is 1.83 bits per heavy atom. The highest BCUT2D eigenvalue weighted by molar-refractivity contribution is 5.93. The molecule has 7 heteroatoms. The van der Waals surface area contributed by atoms with Gasteiger partial charge in [-0.05, 0) is 90.0 Å². The van der Waals surface area contributed by atoms with Gasteiger partial charge in [-0.2, -0.15) is 0 Å². The summed E-state index contributed by atoms with van der Waals surface area (Å²) in [5.74, 6) is -0.482. The van der Waals surface area contributed by atoms with E-state index in [1.54, 1.807) is 0 Å². The van der Waals surface area contributed by atoms with Crippen LogP contribution in [0.1, 0.15) is 36.8 Å². The van der Waals surface area contributed by atoms with Crippen LogP contribution < -0.4 is 11.1 Å². The molecule has 2 heterocycles. The number of amides is 1. The van der Waals surface area contributed by atoms with Gasteiger partial charge in [-0.1, -0.05) is 36.4 Å². The number of carboxylic acid groups (broad SMARTS) is 1. The van der Waals surface area contributed by atoms with Gasteiger partial charge in [-0.3, -0.25) is 9.59 Å². The first-order valence-electron chi connectivity index (χ1n) is 12.4. The summed E-state index contributed by atoms with van der Waals surface area (Å²) in [5.41, 5.74) is 9.59. The zero-order valence-electron chi connectivity index (χ0n) is 21.7. The first-order valence-corrected chi connectivity index (χ1v) is 12.4. The third-order valence-corrected chi connectivity index (χ3v) is 6.56. The van der Waals surface area contributed by atoms with Crippen molar-refractivity contribution in [2.75, 3.05) is 51.3 Å². The minimum Gasteiger partial charge on any atom is -0.481 e. The number of nitrogens with zero attached hydrogens (tertiary/aromatic N) is 2. The minimum absolute atomic E-state index is 0.126. The van der Waals surface area contributed by atoms with Crippen LogP contribution in [0.3, 0.4) is 0 Å². The van der Waals surface area contributed by atoms with E-state index in [0.717, 1.165) is 74.4 Å². The monoisotopic (exact) mass is 482 g/mol. The Labute approximate surface area is 210 Å². The van der Waals surface area contributed by atoms with Gasteiger partial charge in [0, 0.05) is 24.5 Å². The van der Waals surface area contributed by atoms with E-state index in [-0.39, 0.29) is 17.7 Å². The first-order chi connectivity index (χ1) is 16.7. The number of anilines is 2. The zero-order valence-corrected chi connectivity index (χ0v) is 21.7. The van der Waals surface area contributed by atoms with Gasteiger partial charge < -0.3 is 26.0 Å². The molecule has 1 amide bonds. The second-order valence-corrected chi connectivity index (χ2v) is 9.70. The van der Waals surface area contributed by atoms with Gasteiger partial charge in [0.05, 0.1) is 11.8 Å². The fourth-order valence-corrected chi connectivity index (χ4v) is 4.28. The Morgan fingerprint density at radius 1 is 0.857 bits per heavy atom. The number of carbonyl (C=O) groups is 2. The lowest BCUT2D eigenvalue weighted by atomic mass is 9.97. The molecular formula is C28H42N4O3. The Bertz CT molecular complexity index is 928. The number of rotatable bonds is 3. The summed E-state index contributed by atoms with van der Waals surface area (Å²) in [7, 11) is 4.04. The van der Waals surface area contributed by atoms with Crippen LogP contribution in [0.5, 0.6) is 0 Å². The summed E-state index contributed by atoms with van der Waals surface area (Å²) in [6.45, 7) is 7.75. The molecule has 0 spiro atoms. The maximum atomic E-state index is 12.1. The van der Waals surface area contributed by atoms with Crippen molar-refractivity contribution in [2.24, 2.45) is 11.8 Å². The Kier molecular flexibility index (Phi) is 11.7. The highest BCUT2D eigenvalue weighted by Crippen LogP contribution is 2.19. The molecular weight excluding hydrogens is 440 g/mol. The van der Waals surface area contributed by atoms with Gasteiger partial charge in [-0.25, -0.2) is 0 Å². The van der Waals surface area contributed by atoms with Crippen LogP contribution in [0.4, 0.5) is 11.4 Å². The van der Waals surface area contributed by atoms with Crippen molar-refractivity contribution in [3.05, 3.63) is 59.7 Å². The standard InChI is InChI=1S/C14H20N2O.C7H13NO2.C7H9N/c1-11-6-3-4-8-13(11)15-14(17)12-7-5-9-16(2)10-12;1-8-4-2-3-6(5-8)7(9)10;1-6-4-2-3-5-7(6)8/h3-4,6,8,12H,5,7,9-10H2,1-2H3,(H,15,17);6H,2-5H2,1H3,(H,9,10);2-5H,8H2,1H3. The van der Waals surface area contributed by atoms with Crippen LogP contribution in [-0.4, -0.2) is 67.1 Å². The van der Waals surface area contributed by atoms with Crippen molar-refractivity contribution in [1.82, 2.24) is 9.80 Å². The number of para-hydroxylation sites is 2. The summed E-state index contributed by atoms with van der Waals surface area (Å²) in [6.07, 6.45) is 3.98. The van der Waals surface area contributed by atoms with E-state index in [9.17, 15) is 9.59 Å². The number of benzene rings is 2. The molecule has 2 aromatic carbocycles. The number of aryl methyl sites for hydroxylation is 2. The second kappa shape index (κ2) is 14.5. The molecule has 2 atom stereocenters. The van der Waals surface area contributed by atoms with Gasteiger partial charge in [0.2, 0.25) is 5.91 Å². The van der Waals surface area contributed by atoms with E-state index in [4.69, 9.17) is 10.8 Å². The number of carbonyl (C=O) groups excluding carboxylic acids is 1. The van der Waals surface area contributed by atoms with Gasteiger partial charge >= 0.3 is 5.97 Å². The molecule has 2 aliphatic rings. The predicted octanol–water partition coefficient (Wildman–Crippen LogP) is 4.27. The largest absolute Gasteiger partial charge is 0.481 e. The lowest BCUT2D eigenvalue weighted by Gasteiger charge is -2.28. The normalized spacial score (nSPS) is 20.5. The third kappa shape index (κ3) is 10.1. The number of nitrogen functional groups attached to an aromatic ring is 1. The fourth-order valence-electron chi connectivity index (χ4n) is 4.28. The van der Waals surface area contributed by atoms with Crippen molar-refractivity contribution in [3.8, 4) is 0 Å². The van der Waals surface area contributed by atoms with Gasteiger partial charge in [0.25, 0.3) is 0 Å². The van der Waals surface area contributed by atoms with Crippen molar-refractivity contribution in [1.29, 1.82) is 0 Å². The first kappa shape index (κ1) is 28.3. The lowest BCUT2D eigenvalue weighted by molar-refractivity contribution is -0.143. The van der Waals surface area contributed by atoms with E-state index in [1.807, 2.05) is 69.4 Å². The summed E-state index contributed by atoms with van der Waals surface area (Å²) < 4.78 is 0. The SMILES string of the molecule is CN1CCCC(C(=O)O)C1.Cc1ccccc1N.Cc1ccccc1NC(=O)C1CCCN(C)C1. The fraction of sp³-hybridized carbons (Fsp3) is 0.500. The van der Waals surface area contributed by atoms with E-state index in [0.29, 0.717) is 0 Å². The van der Waals surface area contributed by atoms with Crippen LogP contribution in [0.2, 0.25) is 0 Å². The van der Waals surface area contributed by atoms with E-state index >= 15 is 0 Å². The average Bonchev–Trinajstić information content (AvgIpc) is 2.83. The van der Waals surface area contributed by atoms with Crippen molar-refractivity contribution >= 4 is 23.3 Å². The number of hydrogen-bond donors (Lipinski definition) is 3. The molecule has 2 aliphatic heterocycles. The van der Waals surface area contributed by atoms with E-state index < -0.39 is 5.97 Å².